The highest BCUT2D eigenvalue weighted by Crippen LogP contribution is 2.27. The number of aliphatic hydroxyl groups is 1. The van der Waals surface area contributed by atoms with E-state index in [2.05, 4.69) is 49.9 Å². The van der Waals surface area contributed by atoms with Crippen molar-refractivity contribution in [2.45, 2.75) is 66.1 Å². The fourth-order valence-corrected chi connectivity index (χ4v) is 2.86. The molecule has 2 N–H and O–H groups in total. The van der Waals surface area contributed by atoms with Crippen molar-refractivity contribution in [3.63, 3.8) is 0 Å². The van der Waals surface area contributed by atoms with Gasteiger partial charge >= 0.3 is 0 Å². The van der Waals surface area contributed by atoms with E-state index < -0.39 is 0 Å². The Bertz CT molecular complexity index is 424. The fraction of sp³-hybridized carbons (Fsp3) is 0.812. The standard InChI is InChI=1S/C16H32N4O/c1-7-14(8-2)20(9-10-21)16-15(11-17-12(3)4)13(5)18-19(16)6/h12,14,17,21H,7-11H2,1-6H3. The Morgan fingerprint density at radius 3 is 2.38 bits per heavy atom. The average Bonchev–Trinajstić information content (AvgIpc) is 2.70. The van der Waals surface area contributed by atoms with Crippen molar-refractivity contribution in [2.24, 2.45) is 7.05 Å². The SMILES string of the molecule is CCC(CC)N(CCO)c1c(CNC(C)C)c(C)nn1C. The molecule has 0 aliphatic carbocycles. The molecule has 0 aromatic carbocycles. The van der Waals surface area contributed by atoms with E-state index in [1.807, 2.05) is 11.7 Å². The topological polar surface area (TPSA) is 53.3 Å². The van der Waals surface area contributed by atoms with Gasteiger partial charge in [0.2, 0.25) is 0 Å². The van der Waals surface area contributed by atoms with Crippen molar-refractivity contribution in [1.29, 1.82) is 0 Å². The van der Waals surface area contributed by atoms with Crippen LogP contribution in [0.25, 0.3) is 0 Å². The van der Waals surface area contributed by atoms with Crippen molar-refractivity contribution < 1.29 is 5.11 Å². The van der Waals surface area contributed by atoms with Gasteiger partial charge in [-0.25, -0.2) is 0 Å². The van der Waals surface area contributed by atoms with E-state index in [-0.39, 0.29) is 6.61 Å². The molecule has 0 atom stereocenters. The van der Waals surface area contributed by atoms with E-state index in [9.17, 15) is 5.11 Å². The number of hydrogen-bond donors (Lipinski definition) is 2. The molecular formula is C16H32N4O. The molecule has 0 amide bonds. The normalized spacial score (nSPS) is 11.7. The number of hydrogen-bond acceptors (Lipinski definition) is 4. The van der Waals surface area contributed by atoms with Crippen molar-refractivity contribution in [3.05, 3.63) is 11.3 Å². The van der Waals surface area contributed by atoms with Crippen LogP contribution in [0.5, 0.6) is 0 Å². The third-order valence-corrected chi connectivity index (χ3v) is 4.00. The lowest BCUT2D eigenvalue weighted by molar-refractivity contribution is 0.294. The summed E-state index contributed by atoms with van der Waals surface area (Å²) in [5.41, 5.74) is 2.31. The number of aryl methyl sites for hydroxylation is 2. The molecule has 0 unspecified atom stereocenters. The second-order valence-electron chi connectivity index (χ2n) is 5.93. The molecule has 122 valence electrons. The van der Waals surface area contributed by atoms with E-state index in [4.69, 9.17) is 0 Å². The lowest BCUT2D eigenvalue weighted by Gasteiger charge is -2.33. The molecule has 5 heteroatoms. The molecule has 0 aliphatic rings. The molecule has 0 bridgehead atoms. The van der Waals surface area contributed by atoms with Crippen LogP contribution in [0.3, 0.4) is 0 Å². The Hall–Kier alpha value is -1.07. The van der Waals surface area contributed by atoms with Crippen molar-refractivity contribution >= 4 is 5.82 Å². The van der Waals surface area contributed by atoms with Gasteiger partial charge in [0, 0.05) is 37.8 Å². The minimum Gasteiger partial charge on any atom is -0.395 e. The summed E-state index contributed by atoms with van der Waals surface area (Å²) >= 11 is 0. The van der Waals surface area contributed by atoms with Gasteiger partial charge in [0.05, 0.1) is 12.3 Å². The molecule has 0 aliphatic heterocycles. The van der Waals surface area contributed by atoms with Crippen LogP contribution in [0.1, 0.15) is 51.8 Å². The second kappa shape index (κ2) is 8.39. The molecule has 0 saturated heterocycles. The van der Waals surface area contributed by atoms with Gasteiger partial charge in [-0.1, -0.05) is 27.7 Å². The molecule has 0 spiro atoms. The Labute approximate surface area is 129 Å². The third-order valence-electron chi connectivity index (χ3n) is 4.00. The molecule has 21 heavy (non-hydrogen) atoms. The maximum absolute atomic E-state index is 9.46. The summed E-state index contributed by atoms with van der Waals surface area (Å²) in [7, 11) is 1.99. The lowest BCUT2D eigenvalue weighted by atomic mass is 10.1. The predicted molar refractivity (Wildman–Crippen MR) is 88.7 cm³/mol. The third kappa shape index (κ3) is 4.45. The Morgan fingerprint density at radius 1 is 1.29 bits per heavy atom. The van der Waals surface area contributed by atoms with Crippen LogP contribution >= 0.6 is 0 Å². The minimum absolute atomic E-state index is 0.164. The Balaban J connectivity index is 3.16. The first-order chi connectivity index (χ1) is 9.96. The van der Waals surface area contributed by atoms with E-state index in [1.165, 1.54) is 5.56 Å². The number of aliphatic hydroxyl groups excluding tert-OH is 1. The highest BCUT2D eigenvalue weighted by Gasteiger charge is 2.23. The predicted octanol–water partition coefficient (Wildman–Crippen LogP) is 2.21. The van der Waals surface area contributed by atoms with Gasteiger partial charge in [-0.15, -0.1) is 0 Å². The largest absolute Gasteiger partial charge is 0.395 e. The van der Waals surface area contributed by atoms with Crippen LogP contribution in [0.15, 0.2) is 0 Å². The zero-order valence-corrected chi connectivity index (χ0v) is 14.5. The molecule has 1 rings (SSSR count). The summed E-state index contributed by atoms with van der Waals surface area (Å²) in [5.74, 6) is 1.14. The maximum atomic E-state index is 9.46. The van der Waals surface area contributed by atoms with Crippen LogP contribution in [0, 0.1) is 6.92 Å². The zero-order chi connectivity index (χ0) is 16.0. The summed E-state index contributed by atoms with van der Waals surface area (Å²) in [5, 5.41) is 17.5. The van der Waals surface area contributed by atoms with Gasteiger partial charge in [-0.2, -0.15) is 5.10 Å². The summed E-state index contributed by atoms with van der Waals surface area (Å²) in [6, 6.07) is 0.877. The van der Waals surface area contributed by atoms with Crippen LogP contribution in [-0.4, -0.2) is 40.1 Å². The quantitative estimate of drug-likeness (QED) is 0.733. The highest BCUT2D eigenvalue weighted by atomic mass is 16.3. The molecule has 5 nitrogen and oxygen atoms in total. The van der Waals surface area contributed by atoms with Crippen molar-refractivity contribution in [3.8, 4) is 0 Å². The first kappa shape index (κ1) is 18.0. The summed E-state index contributed by atoms with van der Waals surface area (Å²) in [6.45, 7) is 12.4. The van der Waals surface area contributed by atoms with E-state index >= 15 is 0 Å². The van der Waals surface area contributed by atoms with Gasteiger partial charge in [0.1, 0.15) is 5.82 Å². The van der Waals surface area contributed by atoms with Gasteiger partial charge in [-0.3, -0.25) is 4.68 Å². The number of nitrogens with one attached hydrogen (secondary N) is 1. The number of aromatic nitrogens is 2. The van der Waals surface area contributed by atoms with Crippen LogP contribution in [0.2, 0.25) is 0 Å². The Kier molecular flexibility index (Phi) is 7.18. The van der Waals surface area contributed by atoms with Crippen LogP contribution in [0.4, 0.5) is 5.82 Å². The molecule has 1 aromatic rings. The van der Waals surface area contributed by atoms with Crippen molar-refractivity contribution in [1.82, 2.24) is 15.1 Å². The summed E-state index contributed by atoms with van der Waals surface area (Å²) < 4.78 is 1.96. The molecule has 0 radical (unpaired) electrons. The first-order valence-electron chi connectivity index (χ1n) is 8.09. The smallest absolute Gasteiger partial charge is 0.131 e. The van der Waals surface area contributed by atoms with E-state index in [0.717, 1.165) is 30.9 Å². The van der Waals surface area contributed by atoms with Gasteiger partial charge in [0.25, 0.3) is 0 Å². The number of nitrogens with zero attached hydrogens (tertiary/aromatic N) is 3. The number of anilines is 1. The second-order valence-corrected chi connectivity index (χ2v) is 5.93. The van der Waals surface area contributed by atoms with E-state index in [0.29, 0.717) is 18.6 Å². The molecule has 0 fully saturated rings. The van der Waals surface area contributed by atoms with Gasteiger partial charge in [-0.05, 0) is 19.8 Å². The monoisotopic (exact) mass is 296 g/mol. The Morgan fingerprint density at radius 2 is 1.90 bits per heavy atom. The summed E-state index contributed by atoms with van der Waals surface area (Å²) in [4.78, 5) is 2.32. The van der Waals surface area contributed by atoms with Crippen LogP contribution in [-0.2, 0) is 13.6 Å². The summed E-state index contributed by atoms with van der Waals surface area (Å²) in [6.07, 6.45) is 2.13. The molecule has 1 heterocycles. The van der Waals surface area contributed by atoms with Crippen LogP contribution < -0.4 is 10.2 Å². The molecular weight excluding hydrogens is 264 g/mol. The number of rotatable bonds is 9. The van der Waals surface area contributed by atoms with Gasteiger partial charge in [0.15, 0.2) is 0 Å². The fourth-order valence-electron chi connectivity index (χ4n) is 2.86. The first-order valence-corrected chi connectivity index (χ1v) is 8.09. The molecule has 1 aromatic heterocycles. The van der Waals surface area contributed by atoms with E-state index in [1.54, 1.807) is 0 Å². The molecule has 0 saturated carbocycles. The average molecular weight is 296 g/mol. The highest BCUT2D eigenvalue weighted by molar-refractivity contribution is 5.51. The van der Waals surface area contributed by atoms with Crippen molar-refractivity contribution in [2.75, 3.05) is 18.1 Å². The lowest BCUT2D eigenvalue weighted by Crippen LogP contribution is -2.39. The van der Waals surface area contributed by atoms with Gasteiger partial charge < -0.3 is 15.3 Å². The maximum Gasteiger partial charge on any atom is 0.131 e. The minimum atomic E-state index is 0.164. The zero-order valence-electron chi connectivity index (χ0n) is 14.5.